The van der Waals surface area contributed by atoms with Gasteiger partial charge in [0, 0.05) is 0 Å². The number of allylic oxidation sites excluding steroid dienone is 1. The molecule has 0 aromatic carbocycles. The fraction of sp³-hybridized carbons (Fsp3) is 0.667. The van der Waals surface area contributed by atoms with Gasteiger partial charge < -0.3 is 0 Å². The van der Waals surface area contributed by atoms with Gasteiger partial charge in [0.25, 0.3) is 0 Å². The number of rotatable bonds is 3. The average molecular weight is 266 g/mol. The van der Waals surface area contributed by atoms with Crippen molar-refractivity contribution in [3.63, 3.8) is 0 Å². The Morgan fingerprint density at radius 3 is 1.19 bits per heavy atom. The van der Waals surface area contributed by atoms with Crippen LogP contribution in [0.25, 0.3) is 0 Å². The van der Waals surface area contributed by atoms with Crippen molar-refractivity contribution in [3.05, 3.63) is 12.4 Å². The second kappa shape index (κ2) is 3.52. The molecule has 0 bridgehead atoms. The molecule has 0 heterocycles. The fourth-order valence-corrected chi connectivity index (χ4v) is 0.546. The van der Waals surface area contributed by atoms with Gasteiger partial charge >= 0.3 is 23.9 Å². The van der Waals surface area contributed by atoms with Gasteiger partial charge in [0.05, 0.1) is 0 Å². The van der Waals surface area contributed by atoms with Gasteiger partial charge in [-0.25, -0.2) is 4.39 Å². The lowest BCUT2D eigenvalue weighted by Gasteiger charge is -2.32. The largest absolute Gasteiger partial charge is 0.460 e. The van der Waals surface area contributed by atoms with Gasteiger partial charge in [0.2, 0.25) is 0 Å². The Bertz CT molecular complexity index is 284. The Morgan fingerprint density at radius 2 is 1.00 bits per heavy atom. The van der Waals surface area contributed by atoms with Crippen molar-refractivity contribution < 1.29 is 43.9 Å². The number of alkyl halides is 9. The Labute approximate surface area is 81.5 Å². The van der Waals surface area contributed by atoms with Crippen molar-refractivity contribution in [1.82, 2.24) is 0 Å². The molecule has 10 heteroatoms. The molecule has 0 saturated heterocycles. The summed E-state index contributed by atoms with van der Waals surface area (Å²) < 4.78 is 119. The van der Waals surface area contributed by atoms with Crippen LogP contribution in [0.15, 0.2) is 12.4 Å². The van der Waals surface area contributed by atoms with Gasteiger partial charge in [0.15, 0.2) is 5.83 Å². The summed E-state index contributed by atoms with van der Waals surface area (Å²) in [4.78, 5) is 0. The third-order valence-electron chi connectivity index (χ3n) is 1.49. The second-order valence-corrected chi connectivity index (χ2v) is 2.63. The molecule has 96 valence electrons. The zero-order valence-electron chi connectivity index (χ0n) is 6.99. The molecule has 0 amide bonds. The van der Waals surface area contributed by atoms with E-state index in [1.165, 1.54) is 0 Å². The first-order valence-electron chi connectivity index (χ1n) is 3.24. The zero-order chi connectivity index (χ0) is 13.6. The molecule has 0 aliphatic rings. The van der Waals surface area contributed by atoms with Crippen molar-refractivity contribution in [3.8, 4) is 0 Å². The summed E-state index contributed by atoms with van der Waals surface area (Å²) in [6.07, 6.45) is -6.95. The number of hydrogen-bond donors (Lipinski definition) is 0. The van der Waals surface area contributed by atoms with E-state index < -0.39 is 29.8 Å². The minimum absolute atomic E-state index is 1.59. The third kappa shape index (κ3) is 1.84. The molecule has 0 atom stereocenters. The highest BCUT2D eigenvalue weighted by molar-refractivity contribution is 5.12. The normalized spacial score (nSPS) is 15.1. The van der Waals surface area contributed by atoms with E-state index in [4.69, 9.17) is 0 Å². The Hall–Kier alpha value is -0.960. The maximum atomic E-state index is 12.2. The Kier molecular flexibility index (Phi) is 3.31. The van der Waals surface area contributed by atoms with Crippen LogP contribution in [-0.4, -0.2) is 23.9 Å². The summed E-state index contributed by atoms with van der Waals surface area (Å²) in [6, 6.07) is 0. The molecular formula is C6H2F10. The van der Waals surface area contributed by atoms with E-state index in [-0.39, 0.29) is 0 Å². The summed E-state index contributed by atoms with van der Waals surface area (Å²) in [7, 11) is 0. The molecule has 0 nitrogen and oxygen atoms in total. The van der Waals surface area contributed by atoms with Crippen molar-refractivity contribution >= 4 is 0 Å². The monoisotopic (exact) mass is 266 g/mol. The van der Waals surface area contributed by atoms with Crippen LogP contribution in [0, 0.1) is 0 Å². The van der Waals surface area contributed by atoms with Crippen molar-refractivity contribution in [2.24, 2.45) is 0 Å². The highest BCUT2D eigenvalue weighted by atomic mass is 19.4. The molecule has 0 radical (unpaired) electrons. The highest BCUT2D eigenvalue weighted by Gasteiger charge is 2.82. The molecule has 0 unspecified atom stereocenters. The molecule has 0 aliphatic heterocycles. The summed E-state index contributed by atoms with van der Waals surface area (Å²) in [5, 5.41) is 0. The predicted octanol–water partition coefficient (Wildman–Crippen LogP) is 3.94. The van der Waals surface area contributed by atoms with E-state index in [1.807, 2.05) is 0 Å². The van der Waals surface area contributed by atoms with E-state index in [1.54, 1.807) is 6.58 Å². The van der Waals surface area contributed by atoms with Crippen LogP contribution >= 0.6 is 0 Å². The van der Waals surface area contributed by atoms with Gasteiger partial charge in [-0.15, -0.1) is 0 Å². The Balaban J connectivity index is 5.62. The summed E-state index contributed by atoms with van der Waals surface area (Å²) in [5.74, 6) is -23.7. The number of hydrogen-bond acceptors (Lipinski definition) is 0. The quantitative estimate of drug-likeness (QED) is 0.679. The van der Waals surface area contributed by atoms with Gasteiger partial charge in [0.1, 0.15) is 0 Å². The standard InChI is InChI=1S/C6H2F10/c1-2(7)3(8,9)4(10,11)5(12,13)6(14,15)16/h1H2/i2+2. The minimum atomic E-state index is -7.08. The smallest absolute Gasteiger partial charge is 0.206 e. The lowest BCUT2D eigenvalue weighted by molar-refractivity contribution is -0.391. The highest BCUT2D eigenvalue weighted by Crippen LogP contribution is 2.54. The van der Waals surface area contributed by atoms with Crippen LogP contribution in [0.4, 0.5) is 43.9 Å². The molecule has 0 rings (SSSR count). The molecule has 16 heavy (non-hydrogen) atoms. The average Bonchev–Trinajstić information content (AvgIpc) is 2.00. The maximum absolute atomic E-state index is 12.2. The van der Waals surface area contributed by atoms with Crippen LogP contribution in [0.2, 0.25) is 0 Å². The first-order valence-corrected chi connectivity index (χ1v) is 3.24. The van der Waals surface area contributed by atoms with Crippen molar-refractivity contribution in [2.75, 3.05) is 0 Å². The van der Waals surface area contributed by atoms with Gasteiger partial charge in [-0.1, -0.05) is 6.58 Å². The summed E-state index contributed by atoms with van der Waals surface area (Å²) in [5.41, 5.74) is 0. The third-order valence-corrected chi connectivity index (χ3v) is 1.49. The Morgan fingerprint density at radius 1 is 0.688 bits per heavy atom. The van der Waals surface area contributed by atoms with E-state index in [2.05, 4.69) is 0 Å². The van der Waals surface area contributed by atoms with E-state index in [0.717, 1.165) is 0 Å². The molecule has 0 fully saturated rings. The van der Waals surface area contributed by atoms with Crippen LogP contribution in [0.3, 0.4) is 0 Å². The molecule has 0 aromatic heterocycles. The minimum Gasteiger partial charge on any atom is -0.206 e. The molecular weight excluding hydrogens is 264 g/mol. The van der Waals surface area contributed by atoms with Gasteiger partial charge in [-0.3, -0.25) is 0 Å². The molecule has 0 spiro atoms. The first kappa shape index (κ1) is 15.0. The van der Waals surface area contributed by atoms with Crippen molar-refractivity contribution in [2.45, 2.75) is 23.9 Å². The van der Waals surface area contributed by atoms with E-state index in [0.29, 0.717) is 0 Å². The SMILES string of the molecule is C=[14C](F)C(F)(F)C(F)(F)C(F)(F)C(F)(F)F. The first-order chi connectivity index (χ1) is 6.69. The zero-order valence-corrected chi connectivity index (χ0v) is 6.99. The van der Waals surface area contributed by atoms with Crippen LogP contribution in [-0.2, 0) is 0 Å². The molecule has 0 aromatic rings. The summed E-state index contributed by atoms with van der Waals surface area (Å²) in [6.45, 7) is 1.59. The van der Waals surface area contributed by atoms with Crippen molar-refractivity contribution in [1.29, 1.82) is 0 Å². The second-order valence-electron chi connectivity index (χ2n) is 2.63. The lowest BCUT2D eigenvalue weighted by Crippen LogP contribution is -2.61. The number of halogens is 10. The van der Waals surface area contributed by atoms with E-state index >= 15 is 0 Å². The van der Waals surface area contributed by atoms with E-state index in [9.17, 15) is 43.9 Å². The molecule has 0 saturated carbocycles. The lowest BCUT2D eigenvalue weighted by atomic mass is 10.1. The predicted molar refractivity (Wildman–Crippen MR) is 31.1 cm³/mol. The van der Waals surface area contributed by atoms with Crippen LogP contribution < -0.4 is 0 Å². The van der Waals surface area contributed by atoms with Crippen LogP contribution in [0.1, 0.15) is 0 Å². The van der Waals surface area contributed by atoms with Gasteiger partial charge in [-0.2, -0.15) is 39.5 Å². The van der Waals surface area contributed by atoms with Crippen LogP contribution in [0.5, 0.6) is 0 Å². The molecule has 0 aliphatic carbocycles. The maximum Gasteiger partial charge on any atom is 0.460 e. The topological polar surface area (TPSA) is 0 Å². The molecule has 0 N–H and O–H groups in total. The van der Waals surface area contributed by atoms with Gasteiger partial charge in [-0.05, 0) is 0 Å². The summed E-state index contributed by atoms with van der Waals surface area (Å²) >= 11 is 0. The fourth-order valence-electron chi connectivity index (χ4n) is 0.546.